The molecule has 3 N–H and O–H groups in total. The third-order valence-corrected chi connectivity index (χ3v) is 7.43. The van der Waals surface area contributed by atoms with Crippen LogP contribution < -0.4 is 15.5 Å². The number of benzene rings is 1. The van der Waals surface area contributed by atoms with E-state index in [1.807, 2.05) is 0 Å². The Labute approximate surface area is 203 Å². The summed E-state index contributed by atoms with van der Waals surface area (Å²) in [5, 5.41) is 13.8. The standard InChI is InChI=1S/C23H26N4O6S2/c1-23(2,3)11-10-15-17-7-5-6-12-27(17)22(29)19(20(15)28)21-24-16-9-8-14(25-34(4,30)31)13-18(16)35(32,33)26-21/h5-9,12-13,25,29H,10-11H2,1-4H3,(H,24,26). The molecule has 12 heteroatoms. The predicted octanol–water partition coefficient (Wildman–Crippen LogP) is 2.92. The molecule has 1 aliphatic rings. The van der Waals surface area contributed by atoms with Gasteiger partial charge in [0.15, 0.2) is 11.3 Å². The molecular formula is C23H26N4O6S2. The summed E-state index contributed by atoms with van der Waals surface area (Å²) in [5.74, 6) is -0.746. The van der Waals surface area contributed by atoms with E-state index in [-0.39, 0.29) is 33.1 Å². The average Bonchev–Trinajstić information content (AvgIpc) is 2.72. The third-order valence-electron chi connectivity index (χ3n) is 5.51. The molecule has 35 heavy (non-hydrogen) atoms. The van der Waals surface area contributed by atoms with E-state index in [9.17, 15) is 26.7 Å². The molecule has 4 rings (SSSR count). The molecule has 3 aromatic rings. The summed E-state index contributed by atoms with van der Waals surface area (Å²) in [6, 6.07) is 9.06. The molecule has 10 nitrogen and oxygen atoms in total. The second-order valence-electron chi connectivity index (χ2n) is 9.65. The molecule has 0 spiro atoms. The van der Waals surface area contributed by atoms with Gasteiger partial charge in [-0.15, -0.1) is 4.40 Å². The van der Waals surface area contributed by atoms with Crippen molar-refractivity contribution in [1.82, 2.24) is 4.40 Å². The summed E-state index contributed by atoms with van der Waals surface area (Å²) in [7, 11) is -7.95. The normalized spacial score (nSPS) is 15.3. The lowest BCUT2D eigenvalue weighted by molar-refractivity contribution is 0.378. The molecule has 0 bridgehead atoms. The number of sulfonamides is 2. The quantitative estimate of drug-likeness (QED) is 0.471. The van der Waals surface area contributed by atoms with Gasteiger partial charge in [-0.05, 0) is 48.6 Å². The second kappa shape index (κ2) is 8.38. The predicted molar refractivity (Wildman–Crippen MR) is 135 cm³/mol. The smallest absolute Gasteiger partial charge is 0.286 e. The van der Waals surface area contributed by atoms with Crippen LogP contribution in [0.2, 0.25) is 0 Å². The Morgan fingerprint density at radius 3 is 2.54 bits per heavy atom. The van der Waals surface area contributed by atoms with Gasteiger partial charge in [0.1, 0.15) is 10.5 Å². The van der Waals surface area contributed by atoms with Crippen molar-refractivity contribution in [2.75, 3.05) is 16.3 Å². The molecule has 0 unspecified atom stereocenters. The Balaban J connectivity index is 1.89. The first kappa shape index (κ1) is 24.7. The molecule has 3 heterocycles. The van der Waals surface area contributed by atoms with E-state index in [4.69, 9.17) is 0 Å². The van der Waals surface area contributed by atoms with Crippen molar-refractivity contribution in [2.45, 2.75) is 38.5 Å². The minimum absolute atomic E-state index is 0.0494. The lowest BCUT2D eigenvalue weighted by Gasteiger charge is -2.22. The number of pyridine rings is 2. The summed E-state index contributed by atoms with van der Waals surface area (Å²) >= 11 is 0. The number of hydrogen-bond acceptors (Lipinski definition) is 7. The van der Waals surface area contributed by atoms with E-state index in [0.29, 0.717) is 23.9 Å². The van der Waals surface area contributed by atoms with E-state index < -0.39 is 31.4 Å². The second-order valence-corrected chi connectivity index (χ2v) is 13.0. The first-order chi connectivity index (χ1) is 16.2. The van der Waals surface area contributed by atoms with Gasteiger partial charge >= 0.3 is 0 Å². The Morgan fingerprint density at radius 2 is 1.89 bits per heavy atom. The number of aromatic nitrogens is 1. The van der Waals surface area contributed by atoms with Crippen molar-refractivity contribution in [3.63, 3.8) is 0 Å². The molecule has 186 valence electrons. The van der Waals surface area contributed by atoms with Crippen molar-refractivity contribution in [3.05, 3.63) is 63.9 Å². The number of aryl methyl sites for hydroxylation is 1. The number of aromatic hydroxyl groups is 1. The maximum atomic E-state index is 13.6. The number of rotatable bonds is 5. The summed E-state index contributed by atoms with van der Waals surface area (Å²) < 4.78 is 56.5. The number of hydrogen-bond donors (Lipinski definition) is 3. The van der Waals surface area contributed by atoms with Gasteiger partial charge in [0.05, 0.1) is 17.5 Å². The summed E-state index contributed by atoms with van der Waals surface area (Å²) in [4.78, 5) is 13.3. The highest BCUT2D eigenvalue weighted by Gasteiger charge is 2.31. The van der Waals surface area contributed by atoms with Crippen LogP contribution in [-0.2, 0) is 26.5 Å². The molecule has 0 amide bonds. The molecule has 2 aromatic heterocycles. The van der Waals surface area contributed by atoms with Gasteiger partial charge in [0, 0.05) is 17.4 Å². The van der Waals surface area contributed by atoms with E-state index in [1.165, 1.54) is 16.5 Å². The van der Waals surface area contributed by atoms with E-state index in [0.717, 1.165) is 12.3 Å². The topological polar surface area (TPSA) is 146 Å². The average molecular weight is 519 g/mol. The molecule has 0 saturated heterocycles. The minimum Gasteiger partial charge on any atom is -0.494 e. The fourth-order valence-electron chi connectivity index (χ4n) is 3.86. The first-order valence-electron chi connectivity index (χ1n) is 10.8. The zero-order valence-electron chi connectivity index (χ0n) is 19.7. The van der Waals surface area contributed by atoms with Crippen LogP contribution in [-0.4, -0.2) is 38.4 Å². The lowest BCUT2D eigenvalue weighted by Crippen LogP contribution is -2.30. The lowest BCUT2D eigenvalue weighted by atomic mass is 9.88. The zero-order chi connectivity index (χ0) is 25.8. The van der Waals surface area contributed by atoms with Crippen molar-refractivity contribution in [2.24, 2.45) is 9.81 Å². The van der Waals surface area contributed by atoms with Crippen LogP contribution in [0.1, 0.15) is 38.3 Å². The number of anilines is 2. The highest BCUT2D eigenvalue weighted by Crippen LogP contribution is 2.33. The van der Waals surface area contributed by atoms with Gasteiger partial charge in [-0.2, -0.15) is 8.42 Å². The van der Waals surface area contributed by atoms with E-state index >= 15 is 0 Å². The highest BCUT2D eigenvalue weighted by atomic mass is 32.2. The van der Waals surface area contributed by atoms with Crippen molar-refractivity contribution < 1.29 is 21.9 Å². The van der Waals surface area contributed by atoms with Crippen LogP contribution in [0.15, 0.2) is 56.7 Å². The molecular weight excluding hydrogens is 492 g/mol. The van der Waals surface area contributed by atoms with Crippen LogP contribution in [0, 0.1) is 5.41 Å². The molecule has 0 saturated carbocycles. The minimum atomic E-state index is -4.32. The van der Waals surface area contributed by atoms with Gasteiger partial charge in [-0.25, -0.2) is 8.42 Å². The summed E-state index contributed by atoms with van der Waals surface area (Å²) in [6.07, 6.45) is 3.64. The largest absolute Gasteiger partial charge is 0.494 e. The fraction of sp³-hybridized carbons (Fsp3) is 0.304. The van der Waals surface area contributed by atoms with Crippen LogP contribution in [0.3, 0.4) is 0 Å². The Bertz CT molecular complexity index is 1650. The molecule has 0 atom stereocenters. The van der Waals surface area contributed by atoms with E-state index in [1.54, 1.807) is 24.4 Å². The first-order valence-corrected chi connectivity index (χ1v) is 14.1. The summed E-state index contributed by atoms with van der Waals surface area (Å²) in [6.45, 7) is 6.16. The van der Waals surface area contributed by atoms with Gasteiger partial charge in [0.2, 0.25) is 15.9 Å². The maximum Gasteiger partial charge on any atom is 0.286 e. The third kappa shape index (κ3) is 5.03. The van der Waals surface area contributed by atoms with Crippen molar-refractivity contribution >= 4 is 42.8 Å². The number of amidine groups is 1. The van der Waals surface area contributed by atoms with Gasteiger partial charge in [-0.3, -0.25) is 13.9 Å². The van der Waals surface area contributed by atoms with E-state index in [2.05, 4.69) is 35.2 Å². The molecule has 1 aliphatic heterocycles. The molecule has 0 radical (unpaired) electrons. The van der Waals surface area contributed by atoms with Crippen LogP contribution in [0.4, 0.5) is 11.4 Å². The van der Waals surface area contributed by atoms with Gasteiger partial charge < -0.3 is 10.4 Å². The number of fused-ring (bicyclic) bond motifs is 2. The number of nitrogens with one attached hydrogen (secondary N) is 2. The highest BCUT2D eigenvalue weighted by molar-refractivity contribution is 7.92. The van der Waals surface area contributed by atoms with Crippen molar-refractivity contribution in [3.8, 4) is 5.88 Å². The summed E-state index contributed by atoms with van der Waals surface area (Å²) in [5.41, 5.74) is 0.281. The zero-order valence-corrected chi connectivity index (χ0v) is 21.3. The molecule has 0 aliphatic carbocycles. The Morgan fingerprint density at radius 1 is 1.17 bits per heavy atom. The van der Waals surface area contributed by atoms with Crippen LogP contribution in [0.25, 0.3) is 5.52 Å². The monoisotopic (exact) mass is 518 g/mol. The molecule has 0 fully saturated rings. The fourth-order valence-corrected chi connectivity index (χ4v) is 5.57. The SMILES string of the molecule is CC(C)(C)CCc1c(=O)c(C2=NS(=O)(=O)c3cc(NS(C)(=O)=O)ccc3N2)c(O)n2ccccc12. The number of nitrogens with zero attached hydrogens (tertiary/aromatic N) is 2. The van der Waals surface area contributed by atoms with Crippen molar-refractivity contribution in [1.29, 1.82) is 0 Å². The molecule has 1 aromatic carbocycles. The van der Waals surface area contributed by atoms with Gasteiger partial charge in [0.25, 0.3) is 10.0 Å². The Kier molecular flexibility index (Phi) is 5.92. The van der Waals surface area contributed by atoms with Crippen LogP contribution in [0.5, 0.6) is 5.88 Å². The Hall–Kier alpha value is -3.38. The maximum absolute atomic E-state index is 13.6. The van der Waals surface area contributed by atoms with Gasteiger partial charge in [-0.1, -0.05) is 26.8 Å². The van der Waals surface area contributed by atoms with Crippen LogP contribution >= 0.6 is 0 Å².